The van der Waals surface area contributed by atoms with Crippen LogP contribution in [-0.4, -0.2) is 17.9 Å². The molecule has 0 spiro atoms. The van der Waals surface area contributed by atoms with Gasteiger partial charge in [0.15, 0.2) is 0 Å². The van der Waals surface area contributed by atoms with E-state index < -0.39 is 0 Å². The van der Waals surface area contributed by atoms with Gasteiger partial charge >= 0.3 is 0 Å². The minimum Gasteiger partial charge on any atom is -0.271 e. The number of rotatable bonds is 11. The van der Waals surface area contributed by atoms with E-state index in [9.17, 15) is 0 Å². The fraction of sp³-hybridized carbons (Fsp3) is 0.609. The Morgan fingerprint density at radius 1 is 1.25 bits per heavy atom. The van der Waals surface area contributed by atoms with Gasteiger partial charge in [0, 0.05) is 21.2 Å². The van der Waals surface area contributed by atoms with E-state index in [0.29, 0.717) is 11.8 Å². The highest BCUT2D eigenvalue weighted by atomic mass is 35.5. The third-order valence-corrected chi connectivity index (χ3v) is 6.73. The lowest BCUT2D eigenvalue weighted by atomic mass is 9.83. The molecule has 2 N–H and O–H groups in total. The maximum atomic E-state index is 6.35. The molecule has 3 aliphatic rings. The predicted molar refractivity (Wildman–Crippen MR) is 122 cm³/mol. The van der Waals surface area contributed by atoms with E-state index in [0.717, 1.165) is 35.7 Å². The van der Waals surface area contributed by atoms with Gasteiger partial charge in [-0.1, -0.05) is 47.5 Å². The molecule has 1 heterocycles. The summed E-state index contributed by atoms with van der Waals surface area (Å²) >= 11 is 12.4. The van der Waals surface area contributed by atoms with Crippen molar-refractivity contribution in [3.63, 3.8) is 0 Å². The third kappa shape index (κ3) is 5.38. The Morgan fingerprint density at radius 2 is 2.00 bits per heavy atom. The van der Waals surface area contributed by atoms with Gasteiger partial charge in [-0.3, -0.25) is 4.99 Å². The van der Waals surface area contributed by atoms with E-state index in [-0.39, 0.29) is 17.6 Å². The molecule has 28 heavy (non-hydrogen) atoms. The Kier molecular flexibility index (Phi) is 7.60. The summed E-state index contributed by atoms with van der Waals surface area (Å²) in [7, 11) is 0. The summed E-state index contributed by atoms with van der Waals surface area (Å²) in [5.74, 6) is 1.01. The molecule has 0 aromatic heterocycles. The van der Waals surface area contributed by atoms with Gasteiger partial charge in [0.2, 0.25) is 0 Å². The van der Waals surface area contributed by atoms with Gasteiger partial charge in [0.05, 0.1) is 6.04 Å². The third-order valence-electron chi connectivity index (χ3n) is 6.24. The molecule has 0 amide bonds. The molecular formula is C23H33Cl2N3. The zero-order valence-electron chi connectivity index (χ0n) is 16.9. The average Bonchev–Trinajstić information content (AvgIpc) is 3.59. The van der Waals surface area contributed by atoms with Crippen LogP contribution in [0.15, 0.2) is 52.5 Å². The second kappa shape index (κ2) is 9.75. The largest absolute Gasteiger partial charge is 0.271 e. The first kappa shape index (κ1) is 21.8. The average molecular weight is 422 g/mol. The fourth-order valence-electron chi connectivity index (χ4n) is 4.18. The summed E-state index contributed by atoms with van der Waals surface area (Å²) in [5.41, 5.74) is 8.57. The number of nitrogens with one attached hydrogen (secondary N) is 2. The molecule has 0 aromatic rings. The van der Waals surface area contributed by atoms with Gasteiger partial charge < -0.3 is 0 Å². The van der Waals surface area contributed by atoms with E-state index in [2.05, 4.69) is 42.2 Å². The first-order chi connectivity index (χ1) is 13.5. The Bertz CT molecular complexity index is 667. The van der Waals surface area contributed by atoms with Crippen LogP contribution in [0.4, 0.5) is 0 Å². The second-order valence-corrected chi connectivity index (χ2v) is 9.47. The maximum absolute atomic E-state index is 6.35. The summed E-state index contributed by atoms with van der Waals surface area (Å²) in [5, 5.41) is 1.76. The van der Waals surface area contributed by atoms with Gasteiger partial charge in [-0.2, -0.15) is 0 Å². The summed E-state index contributed by atoms with van der Waals surface area (Å²) in [6.07, 6.45) is 16.8. The minimum absolute atomic E-state index is 0.103. The Hall–Kier alpha value is -0.870. The van der Waals surface area contributed by atoms with Crippen LogP contribution in [0.25, 0.3) is 0 Å². The van der Waals surface area contributed by atoms with Crippen molar-refractivity contribution in [2.45, 2.75) is 70.5 Å². The number of hydrogen-bond acceptors (Lipinski definition) is 3. The van der Waals surface area contributed by atoms with Crippen molar-refractivity contribution in [3.05, 3.63) is 47.5 Å². The molecule has 5 heteroatoms. The summed E-state index contributed by atoms with van der Waals surface area (Å²) in [6.45, 7) is 9.79. The van der Waals surface area contributed by atoms with Crippen molar-refractivity contribution < 1.29 is 0 Å². The van der Waals surface area contributed by atoms with Crippen LogP contribution >= 0.6 is 23.2 Å². The van der Waals surface area contributed by atoms with Gasteiger partial charge in [-0.25, -0.2) is 10.9 Å². The van der Waals surface area contributed by atoms with Crippen LogP contribution < -0.4 is 10.9 Å². The number of allylic oxidation sites excluding steroid dienone is 5. The Morgan fingerprint density at radius 3 is 2.57 bits per heavy atom. The standard InChI is InChI=1S/C23H33Cl2N3/c1-4-6-7-19(25)12-13-20-21(17-9-10-17)26-22(28-27-20)23(14-15-23)18(5-2)11-8-16(3)24/h4-5,8,12,17-18,20,22,27-28H,1-2,6-7,9-11,13-15H2,3H3/b16-8+,19-12+/t18-,20-,22+/m0/s1. The molecule has 1 aliphatic heterocycles. The lowest BCUT2D eigenvalue weighted by molar-refractivity contribution is 0.226. The number of hydrogen-bond donors (Lipinski definition) is 2. The number of aliphatic imine (C=N–C) groups is 1. The van der Waals surface area contributed by atoms with E-state index >= 15 is 0 Å². The number of nitrogens with zero attached hydrogens (tertiary/aromatic N) is 1. The van der Waals surface area contributed by atoms with Crippen LogP contribution in [0.5, 0.6) is 0 Å². The first-order valence-corrected chi connectivity index (χ1v) is 11.2. The van der Waals surface area contributed by atoms with Crippen molar-refractivity contribution in [1.29, 1.82) is 0 Å². The van der Waals surface area contributed by atoms with Crippen LogP contribution in [0.2, 0.25) is 0 Å². The van der Waals surface area contributed by atoms with Crippen LogP contribution in [-0.2, 0) is 0 Å². The minimum atomic E-state index is 0.103. The molecule has 2 saturated carbocycles. The molecule has 3 nitrogen and oxygen atoms in total. The molecule has 0 bridgehead atoms. The summed E-state index contributed by atoms with van der Waals surface area (Å²) < 4.78 is 0. The van der Waals surface area contributed by atoms with Crippen molar-refractivity contribution in [3.8, 4) is 0 Å². The SMILES string of the molecule is C=CCC/C(Cl)=C\C[C@@H]1NN[C@H](C2([C@@H](C=C)C/C=C(\C)Cl)CC2)N=C1C1CC1. The lowest BCUT2D eigenvalue weighted by Crippen LogP contribution is -2.58. The highest BCUT2D eigenvalue weighted by Gasteiger charge is 2.55. The van der Waals surface area contributed by atoms with Crippen molar-refractivity contribution in [2.24, 2.45) is 22.2 Å². The van der Waals surface area contributed by atoms with Crippen molar-refractivity contribution >= 4 is 28.9 Å². The lowest BCUT2D eigenvalue weighted by Gasteiger charge is -2.37. The second-order valence-electron chi connectivity index (χ2n) is 8.39. The topological polar surface area (TPSA) is 36.4 Å². The molecule has 3 atom stereocenters. The van der Waals surface area contributed by atoms with Gasteiger partial charge in [-0.15, -0.1) is 13.2 Å². The quantitative estimate of drug-likeness (QED) is 0.387. The molecule has 0 radical (unpaired) electrons. The Labute approximate surface area is 180 Å². The Balaban J connectivity index is 1.71. The zero-order valence-corrected chi connectivity index (χ0v) is 18.4. The highest BCUT2D eigenvalue weighted by molar-refractivity contribution is 6.29. The fourth-order valence-corrected chi connectivity index (χ4v) is 4.47. The maximum Gasteiger partial charge on any atom is 0.118 e. The molecule has 2 aliphatic carbocycles. The van der Waals surface area contributed by atoms with Crippen LogP contribution in [0.1, 0.15) is 58.3 Å². The van der Waals surface area contributed by atoms with Crippen molar-refractivity contribution in [1.82, 2.24) is 10.9 Å². The number of halogens is 2. The van der Waals surface area contributed by atoms with E-state index in [1.54, 1.807) is 0 Å². The molecule has 0 saturated heterocycles. The molecule has 2 fully saturated rings. The normalized spacial score (nSPS) is 28.5. The zero-order chi connectivity index (χ0) is 20.1. The van der Waals surface area contributed by atoms with Crippen LogP contribution in [0.3, 0.4) is 0 Å². The summed E-state index contributed by atoms with van der Waals surface area (Å²) in [4.78, 5) is 5.25. The first-order valence-electron chi connectivity index (χ1n) is 10.5. The van der Waals surface area contributed by atoms with Gasteiger partial charge in [0.1, 0.15) is 6.17 Å². The van der Waals surface area contributed by atoms with Gasteiger partial charge in [0.25, 0.3) is 0 Å². The summed E-state index contributed by atoms with van der Waals surface area (Å²) in [6, 6.07) is 0.226. The number of hydrazine groups is 1. The molecule has 3 rings (SSSR count). The highest BCUT2D eigenvalue weighted by Crippen LogP contribution is 2.57. The van der Waals surface area contributed by atoms with Crippen LogP contribution in [0, 0.1) is 17.3 Å². The molecular weight excluding hydrogens is 389 g/mol. The smallest absolute Gasteiger partial charge is 0.118 e. The van der Waals surface area contributed by atoms with Crippen molar-refractivity contribution in [2.75, 3.05) is 0 Å². The van der Waals surface area contributed by atoms with E-state index in [4.69, 9.17) is 28.2 Å². The molecule has 0 unspecified atom stereocenters. The van der Waals surface area contributed by atoms with Gasteiger partial charge in [-0.05, 0) is 70.1 Å². The molecule has 0 aromatic carbocycles. The monoisotopic (exact) mass is 421 g/mol. The van der Waals surface area contributed by atoms with E-state index in [1.807, 2.05) is 13.0 Å². The molecule has 154 valence electrons. The van der Waals surface area contributed by atoms with E-state index in [1.165, 1.54) is 31.4 Å². The predicted octanol–water partition coefficient (Wildman–Crippen LogP) is 6.23.